The van der Waals surface area contributed by atoms with Crippen LogP contribution in [-0.4, -0.2) is 53.3 Å². The van der Waals surface area contributed by atoms with Crippen LogP contribution in [0.1, 0.15) is 53.5 Å². The van der Waals surface area contributed by atoms with Gasteiger partial charge in [-0.05, 0) is 70.3 Å². The van der Waals surface area contributed by atoms with Gasteiger partial charge < -0.3 is 20.1 Å². The fraction of sp³-hybridized carbons (Fsp3) is 0.571. The number of rotatable bonds is 6. The van der Waals surface area contributed by atoms with Crippen molar-refractivity contribution in [2.75, 3.05) is 31.6 Å². The summed E-state index contributed by atoms with van der Waals surface area (Å²) >= 11 is 0. The van der Waals surface area contributed by atoms with Gasteiger partial charge in [0.25, 0.3) is 5.91 Å². The molecule has 1 aromatic heterocycles. The maximum absolute atomic E-state index is 12.9. The molecule has 0 spiro atoms. The normalized spacial score (nSPS) is 20.0. The third-order valence-electron chi connectivity index (χ3n) is 5.63. The van der Waals surface area contributed by atoms with Crippen molar-refractivity contribution in [1.29, 1.82) is 0 Å². The van der Waals surface area contributed by atoms with Gasteiger partial charge in [-0.15, -0.1) is 5.10 Å². The van der Waals surface area contributed by atoms with Gasteiger partial charge in [-0.25, -0.2) is 4.68 Å². The topological polar surface area (TPSA) is 90.3 Å². The predicted molar refractivity (Wildman–Crippen MR) is 110 cm³/mol. The van der Waals surface area contributed by atoms with Crippen LogP contribution >= 0.6 is 0 Å². The molecular weight excluding hydrogens is 370 g/mol. The quantitative estimate of drug-likeness (QED) is 0.776. The Kier molecular flexibility index (Phi) is 6.10. The zero-order valence-electron chi connectivity index (χ0n) is 17.1. The Morgan fingerprint density at radius 2 is 2.14 bits per heavy atom. The van der Waals surface area contributed by atoms with Crippen molar-refractivity contribution < 1.29 is 14.3 Å². The van der Waals surface area contributed by atoms with Crippen molar-refractivity contribution in [2.24, 2.45) is 0 Å². The molecule has 2 aliphatic heterocycles. The molecule has 156 valence electrons. The van der Waals surface area contributed by atoms with E-state index in [0.29, 0.717) is 23.7 Å². The van der Waals surface area contributed by atoms with Crippen LogP contribution in [0.15, 0.2) is 18.2 Å². The summed E-state index contributed by atoms with van der Waals surface area (Å²) in [6, 6.07) is 6.04. The highest BCUT2D eigenvalue weighted by molar-refractivity contribution is 6.04. The highest BCUT2D eigenvalue weighted by Gasteiger charge is 2.24. The number of carbonyl (C=O) groups is 1. The summed E-state index contributed by atoms with van der Waals surface area (Å²) < 4.78 is 13.5. The maximum Gasteiger partial charge on any atom is 0.278 e. The number of carbonyl (C=O) groups excluding carboxylic acids is 1. The van der Waals surface area contributed by atoms with Gasteiger partial charge in [0, 0.05) is 6.61 Å². The average Bonchev–Trinajstić information content (AvgIpc) is 3.38. The standard InChI is InChI=1S/C21H29N5O3/c1-14-5-6-18(19(12-14)29-13-17-4-3-11-28-17)23-21(27)20-15(2)26(25-24-20)16-7-9-22-10-8-16/h5-6,12,16-17,22H,3-4,7-11,13H2,1-2H3,(H,23,27). The number of nitrogens with zero attached hydrogens (tertiary/aromatic N) is 3. The average molecular weight is 399 g/mol. The Bertz CT molecular complexity index is 854. The number of aryl methyl sites for hydroxylation is 1. The van der Waals surface area contributed by atoms with Gasteiger partial charge in [0.1, 0.15) is 12.4 Å². The molecule has 2 N–H and O–H groups in total. The van der Waals surface area contributed by atoms with Gasteiger partial charge in [0.15, 0.2) is 5.69 Å². The zero-order valence-corrected chi connectivity index (χ0v) is 17.1. The molecule has 2 saturated heterocycles. The first-order valence-corrected chi connectivity index (χ1v) is 10.4. The third-order valence-corrected chi connectivity index (χ3v) is 5.63. The molecule has 2 aliphatic rings. The second kappa shape index (κ2) is 8.92. The zero-order chi connectivity index (χ0) is 20.2. The minimum Gasteiger partial charge on any atom is -0.489 e. The molecule has 4 rings (SSSR count). The molecule has 0 bridgehead atoms. The van der Waals surface area contributed by atoms with E-state index in [4.69, 9.17) is 9.47 Å². The molecule has 3 heterocycles. The summed E-state index contributed by atoms with van der Waals surface area (Å²) in [6.45, 7) is 7.09. The summed E-state index contributed by atoms with van der Waals surface area (Å²) in [6.07, 6.45) is 4.17. The summed E-state index contributed by atoms with van der Waals surface area (Å²) in [5.74, 6) is 0.380. The number of benzene rings is 1. The molecule has 1 amide bonds. The van der Waals surface area contributed by atoms with E-state index in [9.17, 15) is 4.79 Å². The van der Waals surface area contributed by atoms with Crippen LogP contribution in [0.4, 0.5) is 5.69 Å². The summed E-state index contributed by atoms with van der Waals surface area (Å²) in [5, 5.41) is 14.7. The predicted octanol–water partition coefficient (Wildman–Crippen LogP) is 2.63. The van der Waals surface area contributed by atoms with E-state index in [2.05, 4.69) is 20.9 Å². The molecule has 8 nitrogen and oxygen atoms in total. The highest BCUT2D eigenvalue weighted by Crippen LogP contribution is 2.28. The van der Waals surface area contributed by atoms with E-state index in [0.717, 1.165) is 56.6 Å². The second-order valence-corrected chi connectivity index (χ2v) is 7.85. The van der Waals surface area contributed by atoms with Crippen molar-refractivity contribution in [2.45, 2.75) is 51.7 Å². The smallest absolute Gasteiger partial charge is 0.278 e. The van der Waals surface area contributed by atoms with E-state index in [1.54, 1.807) is 0 Å². The Hall–Kier alpha value is -2.45. The molecule has 0 aliphatic carbocycles. The minimum absolute atomic E-state index is 0.117. The Balaban J connectivity index is 1.47. The molecule has 0 radical (unpaired) electrons. The van der Waals surface area contributed by atoms with Crippen molar-refractivity contribution in [1.82, 2.24) is 20.3 Å². The van der Waals surface area contributed by atoms with Crippen molar-refractivity contribution in [3.05, 3.63) is 35.2 Å². The van der Waals surface area contributed by atoms with Gasteiger partial charge in [0.2, 0.25) is 0 Å². The number of hydrogen-bond acceptors (Lipinski definition) is 6. The van der Waals surface area contributed by atoms with E-state index < -0.39 is 0 Å². The fourth-order valence-electron chi connectivity index (χ4n) is 3.94. The molecule has 8 heteroatoms. The number of amides is 1. The van der Waals surface area contributed by atoms with Crippen LogP contribution in [0.5, 0.6) is 5.75 Å². The van der Waals surface area contributed by atoms with Crippen LogP contribution < -0.4 is 15.4 Å². The van der Waals surface area contributed by atoms with Crippen LogP contribution in [0.2, 0.25) is 0 Å². The first kappa shape index (κ1) is 19.8. The highest BCUT2D eigenvalue weighted by atomic mass is 16.5. The lowest BCUT2D eigenvalue weighted by Gasteiger charge is -2.23. The van der Waals surface area contributed by atoms with Gasteiger partial charge in [-0.1, -0.05) is 11.3 Å². The van der Waals surface area contributed by atoms with E-state index in [1.807, 2.05) is 36.7 Å². The van der Waals surface area contributed by atoms with Crippen LogP contribution in [0, 0.1) is 13.8 Å². The summed E-state index contributed by atoms with van der Waals surface area (Å²) in [7, 11) is 0. The first-order chi connectivity index (χ1) is 14.1. The maximum atomic E-state index is 12.9. The Morgan fingerprint density at radius 3 is 2.90 bits per heavy atom. The van der Waals surface area contributed by atoms with E-state index in [-0.39, 0.29) is 18.1 Å². The third kappa shape index (κ3) is 4.59. The number of piperidine rings is 1. The fourth-order valence-corrected chi connectivity index (χ4v) is 3.94. The van der Waals surface area contributed by atoms with Crippen molar-refractivity contribution >= 4 is 11.6 Å². The van der Waals surface area contributed by atoms with E-state index >= 15 is 0 Å². The van der Waals surface area contributed by atoms with Gasteiger partial charge >= 0.3 is 0 Å². The summed E-state index contributed by atoms with van der Waals surface area (Å²) in [5.41, 5.74) is 2.85. The molecule has 2 fully saturated rings. The van der Waals surface area contributed by atoms with E-state index in [1.165, 1.54) is 0 Å². The number of anilines is 1. The lowest BCUT2D eigenvalue weighted by atomic mass is 10.1. The van der Waals surface area contributed by atoms with Gasteiger partial charge in [-0.3, -0.25) is 4.79 Å². The largest absolute Gasteiger partial charge is 0.489 e. The second-order valence-electron chi connectivity index (χ2n) is 7.85. The monoisotopic (exact) mass is 399 g/mol. The van der Waals surface area contributed by atoms with Crippen molar-refractivity contribution in [3.63, 3.8) is 0 Å². The van der Waals surface area contributed by atoms with Gasteiger partial charge in [0.05, 0.1) is 23.5 Å². The molecule has 29 heavy (non-hydrogen) atoms. The molecule has 1 atom stereocenters. The van der Waals surface area contributed by atoms with Crippen LogP contribution in [0.3, 0.4) is 0 Å². The molecular formula is C21H29N5O3. The Labute approximate surface area is 171 Å². The van der Waals surface area contributed by atoms with Crippen molar-refractivity contribution in [3.8, 4) is 5.75 Å². The minimum atomic E-state index is -0.270. The Morgan fingerprint density at radius 1 is 1.31 bits per heavy atom. The molecule has 1 unspecified atom stereocenters. The number of ether oxygens (including phenoxy) is 2. The first-order valence-electron chi connectivity index (χ1n) is 10.4. The lowest BCUT2D eigenvalue weighted by molar-refractivity contribution is 0.0681. The summed E-state index contributed by atoms with van der Waals surface area (Å²) in [4.78, 5) is 12.9. The molecule has 0 saturated carbocycles. The van der Waals surface area contributed by atoms with Gasteiger partial charge in [-0.2, -0.15) is 0 Å². The van der Waals surface area contributed by atoms with Crippen LogP contribution in [-0.2, 0) is 4.74 Å². The van der Waals surface area contributed by atoms with Crippen LogP contribution in [0.25, 0.3) is 0 Å². The SMILES string of the molecule is Cc1ccc(NC(=O)c2nnn(C3CCNCC3)c2C)c(OCC2CCCO2)c1. The number of nitrogens with one attached hydrogen (secondary N) is 2. The number of aromatic nitrogens is 3. The number of hydrogen-bond donors (Lipinski definition) is 2. The molecule has 1 aromatic carbocycles. The molecule has 2 aromatic rings. The lowest BCUT2D eigenvalue weighted by Crippen LogP contribution is -2.30.